The van der Waals surface area contributed by atoms with E-state index >= 15 is 0 Å². The number of aromatic nitrogens is 1. The molecule has 4 nitrogen and oxygen atoms in total. The molecular formula is C13H21Cl2N3O. The lowest BCUT2D eigenvalue weighted by Gasteiger charge is -2.27. The topological polar surface area (TPSA) is 45.2 Å². The molecule has 0 saturated carbocycles. The fraction of sp³-hybridized carbons (Fsp3) is 0.538. The molecule has 0 unspecified atom stereocenters. The highest BCUT2D eigenvalue weighted by Gasteiger charge is 2.23. The lowest BCUT2D eigenvalue weighted by atomic mass is 10.0. The van der Waals surface area contributed by atoms with Crippen LogP contribution in [0.1, 0.15) is 24.8 Å². The smallest absolute Gasteiger partial charge is 0.239 e. The van der Waals surface area contributed by atoms with Gasteiger partial charge in [-0.15, -0.1) is 24.8 Å². The summed E-state index contributed by atoms with van der Waals surface area (Å²) in [6.45, 7) is 1.61. The molecule has 0 radical (unpaired) electrons. The standard InChI is InChI=1S/C13H19N3O.2ClH/c1-16(10-11-5-8-14-9-6-11)13(17)12-4-2-3-7-15-12;;/h5-6,8-9,12,15H,2-4,7,10H2,1H3;2*1H/t12-;;/m1../s1. The number of halogens is 2. The van der Waals surface area contributed by atoms with Gasteiger partial charge >= 0.3 is 0 Å². The zero-order valence-electron chi connectivity index (χ0n) is 11.0. The fourth-order valence-electron chi connectivity index (χ4n) is 2.17. The number of nitrogens with one attached hydrogen (secondary N) is 1. The molecular weight excluding hydrogens is 285 g/mol. The van der Waals surface area contributed by atoms with Gasteiger partial charge in [-0.25, -0.2) is 0 Å². The van der Waals surface area contributed by atoms with E-state index in [4.69, 9.17) is 0 Å². The van der Waals surface area contributed by atoms with Gasteiger partial charge in [0.1, 0.15) is 0 Å². The van der Waals surface area contributed by atoms with E-state index in [9.17, 15) is 4.79 Å². The third kappa shape index (κ3) is 5.35. The van der Waals surface area contributed by atoms with E-state index in [1.807, 2.05) is 19.2 Å². The van der Waals surface area contributed by atoms with Crippen LogP contribution in [0.4, 0.5) is 0 Å². The van der Waals surface area contributed by atoms with E-state index in [0.29, 0.717) is 6.54 Å². The van der Waals surface area contributed by atoms with Crippen molar-refractivity contribution in [1.29, 1.82) is 0 Å². The maximum Gasteiger partial charge on any atom is 0.239 e. The van der Waals surface area contributed by atoms with Crippen molar-refractivity contribution in [3.63, 3.8) is 0 Å². The largest absolute Gasteiger partial charge is 0.340 e. The van der Waals surface area contributed by atoms with Crippen LogP contribution in [0, 0.1) is 0 Å². The number of pyridine rings is 1. The first-order chi connectivity index (χ1) is 8.27. The average Bonchev–Trinajstić information content (AvgIpc) is 2.40. The van der Waals surface area contributed by atoms with Gasteiger partial charge in [0, 0.05) is 26.0 Å². The van der Waals surface area contributed by atoms with Crippen LogP contribution in [0.25, 0.3) is 0 Å². The maximum atomic E-state index is 12.2. The Balaban J connectivity index is 0.00000162. The van der Waals surface area contributed by atoms with Crippen LogP contribution >= 0.6 is 24.8 Å². The van der Waals surface area contributed by atoms with Crippen LogP contribution in [0.15, 0.2) is 24.5 Å². The van der Waals surface area contributed by atoms with Gasteiger partial charge in [0.15, 0.2) is 0 Å². The number of nitrogens with zero attached hydrogens (tertiary/aromatic N) is 2. The summed E-state index contributed by atoms with van der Waals surface area (Å²) in [5, 5.41) is 3.28. The van der Waals surface area contributed by atoms with Gasteiger partial charge in [0.05, 0.1) is 6.04 Å². The fourth-order valence-corrected chi connectivity index (χ4v) is 2.17. The van der Waals surface area contributed by atoms with Crippen LogP contribution in [0.5, 0.6) is 0 Å². The second-order valence-corrected chi connectivity index (χ2v) is 4.55. The van der Waals surface area contributed by atoms with Crippen LogP contribution < -0.4 is 5.32 Å². The molecule has 0 aliphatic carbocycles. The summed E-state index contributed by atoms with van der Waals surface area (Å²) >= 11 is 0. The molecule has 19 heavy (non-hydrogen) atoms. The van der Waals surface area contributed by atoms with Crippen LogP contribution in [0.3, 0.4) is 0 Å². The molecule has 0 bridgehead atoms. The van der Waals surface area contributed by atoms with Crippen LogP contribution in [-0.2, 0) is 11.3 Å². The van der Waals surface area contributed by atoms with Gasteiger partial charge in [-0.2, -0.15) is 0 Å². The number of rotatable bonds is 3. The maximum absolute atomic E-state index is 12.2. The van der Waals surface area contributed by atoms with Crippen molar-refractivity contribution >= 4 is 30.7 Å². The van der Waals surface area contributed by atoms with E-state index in [1.165, 1.54) is 6.42 Å². The molecule has 1 amide bonds. The molecule has 1 saturated heterocycles. The van der Waals surface area contributed by atoms with E-state index in [0.717, 1.165) is 24.9 Å². The third-order valence-corrected chi connectivity index (χ3v) is 3.15. The SMILES string of the molecule is CN(Cc1ccncc1)C(=O)[C@H]1CCCCN1.Cl.Cl. The molecule has 108 valence electrons. The zero-order chi connectivity index (χ0) is 12.1. The minimum absolute atomic E-state index is 0. The Morgan fingerprint density at radius 1 is 1.37 bits per heavy atom. The Labute approximate surface area is 126 Å². The number of hydrogen-bond donors (Lipinski definition) is 1. The van der Waals surface area contributed by atoms with E-state index in [2.05, 4.69) is 10.3 Å². The van der Waals surface area contributed by atoms with Gasteiger partial charge in [0.2, 0.25) is 5.91 Å². The summed E-state index contributed by atoms with van der Waals surface area (Å²) in [6, 6.07) is 3.89. The van der Waals surface area contributed by atoms with Crippen molar-refractivity contribution in [3.8, 4) is 0 Å². The highest BCUT2D eigenvalue weighted by molar-refractivity contribution is 5.85. The summed E-state index contributed by atoms with van der Waals surface area (Å²) in [5.41, 5.74) is 1.12. The van der Waals surface area contributed by atoms with Crippen molar-refractivity contribution in [2.75, 3.05) is 13.6 Å². The van der Waals surface area contributed by atoms with E-state index < -0.39 is 0 Å². The molecule has 6 heteroatoms. The number of amides is 1. The van der Waals surface area contributed by atoms with Crippen molar-refractivity contribution in [3.05, 3.63) is 30.1 Å². The summed E-state index contributed by atoms with van der Waals surface area (Å²) in [7, 11) is 1.86. The van der Waals surface area contributed by atoms with Gasteiger partial charge in [-0.05, 0) is 37.1 Å². The highest BCUT2D eigenvalue weighted by Crippen LogP contribution is 2.10. The number of piperidine rings is 1. The van der Waals surface area contributed by atoms with E-state index in [-0.39, 0.29) is 36.8 Å². The van der Waals surface area contributed by atoms with Gasteiger partial charge in [-0.3, -0.25) is 9.78 Å². The van der Waals surface area contributed by atoms with Gasteiger partial charge in [-0.1, -0.05) is 6.42 Å². The number of likely N-dealkylation sites (N-methyl/N-ethyl adjacent to an activating group) is 1. The number of carbonyl (C=O) groups is 1. The lowest BCUT2D eigenvalue weighted by molar-refractivity contribution is -0.133. The molecule has 1 aliphatic rings. The van der Waals surface area contributed by atoms with Crippen LogP contribution in [0.2, 0.25) is 0 Å². The molecule has 1 aromatic heterocycles. The second-order valence-electron chi connectivity index (χ2n) is 4.55. The second kappa shape index (κ2) is 9.13. The van der Waals surface area contributed by atoms with Crippen LogP contribution in [-0.4, -0.2) is 35.4 Å². The molecule has 1 N–H and O–H groups in total. The van der Waals surface area contributed by atoms with Crippen molar-refractivity contribution in [1.82, 2.24) is 15.2 Å². The molecule has 0 aromatic carbocycles. The number of carbonyl (C=O) groups excluding carboxylic acids is 1. The average molecular weight is 306 g/mol. The molecule has 1 fully saturated rings. The minimum atomic E-state index is 0. The van der Waals surface area contributed by atoms with Gasteiger partial charge in [0.25, 0.3) is 0 Å². The molecule has 1 aromatic rings. The van der Waals surface area contributed by atoms with Crippen molar-refractivity contribution < 1.29 is 4.79 Å². The summed E-state index contributed by atoms with van der Waals surface area (Å²) in [4.78, 5) is 17.9. The predicted octanol–water partition coefficient (Wildman–Crippen LogP) is 2.03. The first-order valence-electron chi connectivity index (χ1n) is 6.14. The molecule has 1 aliphatic heterocycles. The Morgan fingerprint density at radius 3 is 2.63 bits per heavy atom. The molecule has 1 atom stereocenters. The lowest BCUT2D eigenvalue weighted by Crippen LogP contribution is -2.46. The Morgan fingerprint density at radius 2 is 2.05 bits per heavy atom. The van der Waals surface area contributed by atoms with Crippen molar-refractivity contribution in [2.24, 2.45) is 0 Å². The Hall–Kier alpha value is -0.840. The van der Waals surface area contributed by atoms with Crippen molar-refractivity contribution in [2.45, 2.75) is 31.8 Å². The summed E-state index contributed by atoms with van der Waals surface area (Å²) < 4.78 is 0. The highest BCUT2D eigenvalue weighted by atomic mass is 35.5. The molecule has 2 rings (SSSR count). The first-order valence-corrected chi connectivity index (χ1v) is 6.14. The summed E-state index contributed by atoms with van der Waals surface area (Å²) in [6.07, 6.45) is 6.79. The molecule has 0 spiro atoms. The number of hydrogen-bond acceptors (Lipinski definition) is 3. The predicted molar refractivity (Wildman–Crippen MR) is 80.8 cm³/mol. The van der Waals surface area contributed by atoms with E-state index in [1.54, 1.807) is 17.3 Å². The zero-order valence-corrected chi connectivity index (χ0v) is 12.7. The first kappa shape index (κ1) is 18.2. The quantitative estimate of drug-likeness (QED) is 0.929. The summed E-state index contributed by atoms with van der Waals surface area (Å²) in [5.74, 6) is 0.196. The Kier molecular flexibility index (Phi) is 8.72. The monoisotopic (exact) mass is 305 g/mol. The normalized spacial score (nSPS) is 17.8. The minimum Gasteiger partial charge on any atom is -0.340 e. The third-order valence-electron chi connectivity index (χ3n) is 3.15. The molecule has 2 heterocycles. The Bertz CT molecular complexity index is 369. The van der Waals surface area contributed by atoms with Gasteiger partial charge < -0.3 is 10.2 Å².